The number of halogens is 1. The van der Waals surface area contributed by atoms with Crippen LogP contribution in [-0.4, -0.2) is 56.3 Å². The minimum Gasteiger partial charge on any atom is -0.484 e. The Labute approximate surface area is 200 Å². The molecule has 3 N–H and O–H groups in total. The van der Waals surface area contributed by atoms with Gasteiger partial charge < -0.3 is 25.1 Å². The first-order valence-electron chi connectivity index (χ1n) is 10.4. The highest BCUT2D eigenvalue weighted by Crippen LogP contribution is 2.22. The Hall–Kier alpha value is -3.69. The van der Waals surface area contributed by atoms with Crippen LogP contribution in [0, 0.1) is 0 Å². The summed E-state index contributed by atoms with van der Waals surface area (Å²) in [5, 5.41) is 3.07. The van der Waals surface area contributed by atoms with Gasteiger partial charge in [-0.15, -0.1) is 0 Å². The molecule has 0 bridgehead atoms. The molecule has 0 spiro atoms. The first-order valence-corrected chi connectivity index (χ1v) is 10.8. The van der Waals surface area contributed by atoms with Crippen LogP contribution in [0.1, 0.15) is 32.9 Å². The molecule has 3 rings (SSSR count). The van der Waals surface area contributed by atoms with E-state index in [-0.39, 0.29) is 33.9 Å². The van der Waals surface area contributed by atoms with Gasteiger partial charge >= 0.3 is 0 Å². The van der Waals surface area contributed by atoms with Gasteiger partial charge in [0.25, 0.3) is 11.8 Å². The number of fused-ring (bicyclic) bond motifs is 1. The van der Waals surface area contributed by atoms with Gasteiger partial charge in [-0.2, -0.15) is 0 Å². The molecule has 0 aliphatic heterocycles. The number of benzene rings is 2. The van der Waals surface area contributed by atoms with Gasteiger partial charge in [0.05, 0.1) is 5.39 Å². The van der Waals surface area contributed by atoms with Crippen molar-refractivity contribution in [1.29, 1.82) is 0 Å². The summed E-state index contributed by atoms with van der Waals surface area (Å²) in [5.74, 6) is -2.07. The smallest absolute Gasteiger partial charge is 0.287 e. The van der Waals surface area contributed by atoms with Crippen LogP contribution in [0.4, 0.5) is 0 Å². The third-order valence-corrected chi connectivity index (χ3v) is 5.09. The van der Waals surface area contributed by atoms with Crippen LogP contribution in [0.5, 0.6) is 5.75 Å². The second-order valence-electron chi connectivity index (χ2n) is 7.80. The van der Waals surface area contributed by atoms with Gasteiger partial charge in [0.2, 0.25) is 17.0 Å². The maximum Gasteiger partial charge on any atom is 0.287 e. The van der Waals surface area contributed by atoms with E-state index in [1.165, 1.54) is 42.5 Å². The third kappa shape index (κ3) is 6.00. The van der Waals surface area contributed by atoms with E-state index in [2.05, 4.69) is 5.32 Å². The van der Waals surface area contributed by atoms with Gasteiger partial charge in [0, 0.05) is 17.1 Å². The summed E-state index contributed by atoms with van der Waals surface area (Å²) < 4.78 is 10.9. The number of rotatable bonds is 10. The third-order valence-electron chi connectivity index (χ3n) is 4.85. The summed E-state index contributed by atoms with van der Waals surface area (Å²) in [5.41, 5.74) is 4.26. The molecule has 9 nitrogen and oxygen atoms in total. The maximum absolute atomic E-state index is 13.3. The Morgan fingerprint density at radius 3 is 2.47 bits per heavy atom. The van der Waals surface area contributed by atoms with Gasteiger partial charge in [0.15, 0.2) is 6.61 Å². The number of ketones is 1. The van der Waals surface area contributed by atoms with E-state index in [0.29, 0.717) is 18.7 Å². The predicted octanol–water partition coefficient (Wildman–Crippen LogP) is 2.22. The first kappa shape index (κ1) is 24.9. The van der Waals surface area contributed by atoms with Gasteiger partial charge in [-0.25, -0.2) is 0 Å². The van der Waals surface area contributed by atoms with Crippen molar-refractivity contribution >= 4 is 40.2 Å². The number of primary amides is 1. The predicted molar refractivity (Wildman–Crippen MR) is 128 cm³/mol. The van der Waals surface area contributed by atoms with Crippen LogP contribution in [0.25, 0.3) is 11.0 Å². The molecule has 1 aromatic heterocycles. The number of carbonyl (C=O) groups is 3. The molecule has 0 fully saturated rings. The molecule has 0 saturated heterocycles. The Morgan fingerprint density at radius 2 is 1.82 bits per heavy atom. The second kappa shape index (κ2) is 11.0. The summed E-state index contributed by atoms with van der Waals surface area (Å²) in [6, 6.07) is 10.1. The van der Waals surface area contributed by atoms with E-state index < -0.39 is 28.6 Å². The molecule has 0 aliphatic rings. The van der Waals surface area contributed by atoms with E-state index in [1.807, 2.05) is 19.0 Å². The van der Waals surface area contributed by atoms with Gasteiger partial charge in [-0.1, -0.05) is 11.6 Å². The summed E-state index contributed by atoms with van der Waals surface area (Å²) in [4.78, 5) is 52.4. The fourth-order valence-electron chi connectivity index (χ4n) is 3.21. The number of nitrogens with two attached hydrogens (primary N) is 1. The highest BCUT2D eigenvalue weighted by Gasteiger charge is 2.27. The zero-order valence-corrected chi connectivity index (χ0v) is 19.5. The quantitative estimate of drug-likeness (QED) is 0.332. The van der Waals surface area contributed by atoms with E-state index >= 15 is 0 Å². The number of nitrogens with one attached hydrogen (secondary N) is 1. The molecular weight excluding hydrogens is 462 g/mol. The lowest BCUT2D eigenvalue weighted by molar-refractivity contribution is -0.119. The molecule has 178 valence electrons. The molecule has 0 saturated carbocycles. The topological polar surface area (TPSA) is 132 Å². The van der Waals surface area contributed by atoms with Crippen LogP contribution < -0.4 is 21.2 Å². The van der Waals surface area contributed by atoms with Crippen LogP contribution in [0.15, 0.2) is 51.7 Å². The standard InChI is InChI=1S/C24H24ClN3O6/c1-28(2)11-3-10-27-24(32)23-20(22(31)17-12-15(25)6-9-18(17)34-23)21(30)14-4-7-16(8-5-14)33-13-19(26)29/h4-9,12H,3,10-11,13H2,1-2H3,(H2,26,29)(H,27,32). The number of ether oxygens (including phenoxy) is 1. The molecule has 0 radical (unpaired) electrons. The minimum atomic E-state index is -0.699. The van der Waals surface area contributed by atoms with Crippen molar-refractivity contribution < 1.29 is 23.5 Å². The van der Waals surface area contributed by atoms with Gasteiger partial charge in [-0.3, -0.25) is 19.2 Å². The normalized spacial score (nSPS) is 10.9. The van der Waals surface area contributed by atoms with Crippen molar-refractivity contribution in [2.24, 2.45) is 5.73 Å². The lowest BCUT2D eigenvalue weighted by Gasteiger charge is -2.12. The molecule has 2 aromatic carbocycles. The largest absolute Gasteiger partial charge is 0.484 e. The molecule has 1 heterocycles. The van der Waals surface area contributed by atoms with E-state index in [0.717, 1.165) is 6.54 Å². The van der Waals surface area contributed by atoms with E-state index in [1.54, 1.807) is 0 Å². The van der Waals surface area contributed by atoms with Crippen molar-refractivity contribution in [2.45, 2.75) is 6.42 Å². The SMILES string of the molecule is CN(C)CCCNC(=O)c1oc2ccc(Cl)cc2c(=O)c1C(=O)c1ccc(OCC(N)=O)cc1. The summed E-state index contributed by atoms with van der Waals surface area (Å²) in [6.07, 6.45) is 0.669. The van der Waals surface area contributed by atoms with E-state index in [4.69, 9.17) is 26.5 Å². The molecule has 2 amide bonds. The van der Waals surface area contributed by atoms with Gasteiger partial charge in [0.1, 0.15) is 16.9 Å². The Bertz CT molecular complexity index is 1280. The average molecular weight is 486 g/mol. The Morgan fingerprint density at radius 1 is 1.12 bits per heavy atom. The summed E-state index contributed by atoms with van der Waals surface area (Å²) in [6.45, 7) is 0.760. The van der Waals surface area contributed by atoms with Crippen molar-refractivity contribution in [2.75, 3.05) is 33.8 Å². The van der Waals surface area contributed by atoms with Crippen molar-refractivity contribution in [3.8, 4) is 5.75 Å². The zero-order chi connectivity index (χ0) is 24.8. The van der Waals surface area contributed by atoms with E-state index in [9.17, 15) is 19.2 Å². The van der Waals surface area contributed by atoms with Crippen LogP contribution >= 0.6 is 11.6 Å². The molecule has 0 unspecified atom stereocenters. The van der Waals surface area contributed by atoms with Crippen molar-refractivity contribution in [1.82, 2.24) is 10.2 Å². The summed E-state index contributed by atoms with van der Waals surface area (Å²) in [7, 11) is 3.83. The number of nitrogens with zero attached hydrogens (tertiary/aromatic N) is 1. The van der Waals surface area contributed by atoms with Crippen molar-refractivity contribution in [3.05, 3.63) is 74.6 Å². The lowest BCUT2D eigenvalue weighted by atomic mass is 10.00. The Kier molecular flexibility index (Phi) is 8.04. The number of amides is 2. The number of hydrogen-bond donors (Lipinski definition) is 2. The molecule has 3 aromatic rings. The van der Waals surface area contributed by atoms with Crippen LogP contribution in [0.2, 0.25) is 5.02 Å². The Balaban J connectivity index is 1.99. The highest BCUT2D eigenvalue weighted by molar-refractivity contribution is 6.31. The molecular formula is C24H24ClN3O6. The molecule has 10 heteroatoms. The number of carbonyl (C=O) groups excluding carboxylic acids is 3. The van der Waals surface area contributed by atoms with Crippen molar-refractivity contribution in [3.63, 3.8) is 0 Å². The fourth-order valence-corrected chi connectivity index (χ4v) is 3.38. The lowest BCUT2D eigenvalue weighted by Crippen LogP contribution is -2.31. The highest BCUT2D eigenvalue weighted by atomic mass is 35.5. The molecule has 0 atom stereocenters. The fraction of sp³-hybridized carbons (Fsp3) is 0.250. The first-order chi connectivity index (χ1) is 16.2. The average Bonchev–Trinajstić information content (AvgIpc) is 2.80. The zero-order valence-electron chi connectivity index (χ0n) is 18.7. The van der Waals surface area contributed by atoms with Gasteiger partial charge in [-0.05, 0) is 69.5 Å². The number of hydrogen-bond acceptors (Lipinski definition) is 7. The second-order valence-corrected chi connectivity index (χ2v) is 8.23. The van der Waals surface area contributed by atoms with Crippen LogP contribution in [0.3, 0.4) is 0 Å². The van der Waals surface area contributed by atoms with Crippen LogP contribution in [-0.2, 0) is 4.79 Å². The molecule has 34 heavy (non-hydrogen) atoms. The minimum absolute atomic E-state index is 0.0846. The monoisotopic (exact) mass is 485 g/mol. The maximum atomic E-state index is 13.3. The summed E-state index contributed by atoms with van der Waals surface area (Å²) >= 11 is 6.03. The molecule has 0 aliphatic carbocycles.